The highest BCUT2D eigenvalue weighted by Gasteiger charge is 2.31. The normalized spacial score (nSPS) is 22.0. The lowest BCUT2D eigenvalue weighted by atomic mass is 9.81. The fraction of sp³-hybridized carbons (Fsp3) is 1.00. The maximum Gasteiger partial charge on any atom is 0.0272 e. The van der Waals surface area contributed by atoms with Gasteiger partial charge in [-0.3, -0.25) is 5.84 Å². The molecule has 1 saturated carbocycles. The van der Waals surface area contributed by atoms with E-state index in [1.807, 2.05) is 0 Å². The Labute approximate surface area is 95.2 Å². The molecule has 1 atom stereocenters. The summed E-state index contributed by atoms with van der Waals surface area (Å²) >= 11 is 0. The van der Waals surface area contributed by atoms with Gasteiger partial charge in [0.15, 0.2) is 0 Å². The summed E-state index contributed by atoms with van der Waals surface area (Å²) in [4.78, 5) is 0. The van der Waals surface area contributed by atoms with E-state index in [9.17, 15) is 0 Å². The first kappa shape index (κ1) is 13.0. The van der Waals surface area contributed by atoms with Crippen LogP contribution in [0.15, 0.2) is 0 Å². The fourth-order valence-electron chi connectivity index (χ4n) is 2.77. The van der Waals surface area contributed by atoms with Crippen LogP contribution in [0.1, 0.15) is 66.2 Å². The van der Waals surface area contributed by atoms with Crippen LogP contribution in [0, 0.1) is 5.92 Å². The molecule has 0 spiro atoms. The highest BCUT2D eigenvalue weighted by Crippen LogP contribution is 2.31. The lowest BCUT2D eigenvalue weighted by molar-refractivity contribution is 0.0340. The zero-order chi connectivity index (χ0) is 11.5. The maximum atomic E-state index is 6.27. The number of rotatable bonds is 3. The van der Waals surface area contributed by atoms with Gasteiger partial charge in [0, 0.05) is 11.6 Å². The van der Waals surface area contributed by atoms with E-state index in [0.717, 1.165) is 5.92 Å². The van der Waals surface area contributed by atoms with Crippen LogP contribution in [-0.2, 0) is 0 Å². The Kier molecular flexibility index (Phi) is 4.60. The van der Waals surface area contributed by atoms with Gasteiger partial charge in [-0.15, -0.1) is 0 Å². The summed E-state index contributed by atoms with van der Waals surface area (Å²) in [6.45, 7) is 8.89. The molecule has 1 aliphatic rings. The summed E-state index contributed by atoms with van der Waals surface area (Å²) < 4.78 is 0. The molecule has 0 aromatic rings. The topological polar surface area (TPSA) is 29.3 Å². The summed E-state index contributed by atoms with van der Waals surface area (Å²) in [5.41, 5.74) is 0.0954. The number of nitrogens with two attached hydrogens (primary N) is 1. The molecule has 90 valence electrons. The van der Waals surface area contributed by atoms with E-state index >= 15 is 0 Å². The van der Waals surface area contributed by atoms with Gasteiger partial charge in [0.1, 0.15) is 0 Å². The molecule has 2 N–H and O–H groups in total. The second kappa shape index (κ2) is 5.31. The summed E-state index contributed by atoms with van der Waals surface area (Å²) in [7, 11) is 0. The third kappa shape index (κ3) is 3.46. The molecule has 0 heterocycles. The highest BCUT2D eigenvalue weighted by atomic mass is 15.5. The molecule has 2 nitrogen and oxygen atoms in total. The quantitative estimate of drug-likeness (QED) is 0.574. The van der Waals surface area contributed by atoms with Gasteiger partial charge in [0.2, 0.25) is 0 Å². The van der Waals surface area contributed by atoms with Crippen molar-refractivity contribution < 1.29 is 0 Å². The Morgan fingerprint density at radius 3 is 2.13 bits per heavy atom. The van der Waals surface area contributed by atoms with Crippen LogP contribution in [0.2, 0.25) is 0 Å². The molecule has 0 amide bonds. The van der Waals surface area contributed by atoms with Gasteiger partial charge in [0.05, 0.1) is 0 Å². The molecule has 0 bridgehead atoms. The zero-order valence-corrected chi connectivity index (χ0v) is 10.9. The van der Waals surface area contributed by atoms with Crippen LogP contribution in [-0.4, -0.2) is 16.6 Å². The third-order valence-electron chi connectivity index (χ3n) is 3.74. The molecular weight excluding hydrogens is 184 g/mol. The van der Waals surface area contributed by atoms with Crippen LogP contribution in [0.3, 0.4) is 0 Å². The van der Waals surface area contributed by atoms with Crippen molar-refractivity contribution in [3.05, 3.63) is 0 Å². The first-order valence-corrected chi connectivity index (χ1v) is 6.51. The summed E-state index contributed by atoms with van der Waals surface area (Å²) in [6, 6.07) is 0.574. The molecule has 15 heavy (non-hydrogen) atoms. The largest absolute Gasteiger partial charge is 0.268 e. The number of hydrogen-bond acceptors (Lipinski definition) is 2. The first-order valence-electron chi connectivity index (χ1n) is 6.51. The maximum absolute atomic E-state index is 6.27. The molecule has 1 rings (SSSR count). The second-order valence-corrected chi connectivity index (χ2v) is 5.95. The summed E-state index contributed by atoms with van der Waals surface area (Å²) in [5.74, 6) is 7.10. The average molecular weight is 212 g/mol. The van der Waals surface area contributed by atoms with Gasteiger partial charge in [-0.1, -0.05) is 26.2 Å². The standard InChI is InChI=1S/C13H28N2/c1-5-12(15(14)13(2,3)4)11-9-7-6-8-10-11/h11-12H,5-10,14H2,1-4H3. The van der Waals surface area contributed by atoms with Gasteiger partial charge in [-0.25, -0.2) is 5.01 Å². The number of hydrogen-bond donors (Lipinski definition) is 1. The predicted molar refractivity (Wildman–Crippen MR) is 66.4 cm³/mol. The van der Waals surface area contributed by atoms with E-state index in [2.05, 4.69) is 32.7 Å². The van der Waals surface area contributed by atoms with E-state index in [1.165, 1.54) is 38.5 Å². The van der Waals surface area contributed by atoms with Crippen LogP contribution < -0.4 is 5.84 Å². The van der Waals surface area contributed by atoms with Gasteiger partial charge in [0.25, 0.3) is 0 Å². The lowest BCUT2D eigenvalue weighted by Crippen LogP contribution is -2.55. The van der Waals surface area contributed by atoms with Crippen LogP contribution in [0.5, 0.6) is 0 Å². The van der Waals surface area contributed by atoms with Crippen molar-refractivity contribution in [1.29, 1.82) is 0 Å². The molecule has 1 unspecified atom stereocenters. The fourth-order valence-corrected chi connectivity index (χ4v) is 2.77. The molecule has 1 fully saturated rings. The van der Waals surface area contributed by atoms with Gasteiger partial charge in [-0.05, 0) is 46.0 Å². The van der Waals surface area contributed by atoms with E-state index in [1.54, 1.807) is 0 Å². The van der Waals surface area contributed by atoms with Crippen LogP contribution in [0.25, 0.3) is 0 Å². The van der Waals surface area contributed by atoms with Crippen LogP contribution >= 0.6 is 0 Å². The minimum Gasteiger partial charge on any atom is -0.268 e. The lowest BCUT2D eigenvalue weighted by Gasteiger charge is -2.42. The summed E-state index contributed by atoms with van der Waals surface area (Å²) in [5, 5.41) is 2.10. The Morgan fingerprint density at radius 1 is 1.20 bits per heavy atom. The van der Waals surface area contributed by atoms with Gasteiger partial charge < -0.3 is 0 Å². The molecule has 0 saturated heterocycles. The highest BCUT2D eigenvalue weighted by molar-refractivity contribution is 4.84. The molecular formula is C13H28N2. The van der Waals surface area contributed by atoms with E-state index < -0.39 is 0 Å². The first-order chi connectivity index (χ1) is 6.96. The minimum atomic E-state index is 0.0954. The predicted octanol–water partition coefficient (Wildman–Crippen LogP) is 3.32. The molecule has 0 aromatic heterocycles. The van der Waals surface area contributed by atoms with E-state index in [-0.39, 0.29) is 5.54 Å². The Hall–Kier alpha value is -0.0800. The average Bonchev–Trinajstić information content (AvgIpc) is 2.19. The minimum absolute atomic E-state index is 0.0954. The Bertz CT molecular complexity index is 177. The third-order valence-corrected chi connectivity index (χ3v) is 3.74. The molecule has 0 radical (unpaired) electrons. The van der Waals surface area contributed by atoms with Crippen molar-refractivity contribution in [2.75, 3.05) is 0 Å². The van der Waals surface area contributed by atoms with E-state index in [4.69, 9.17) is 5.84 Å². The molecule has 0 aliphatic heterocycles. The SMILES string of the molecule is CCC(C1CCCCC1)N(N)C(C)(C)C. The smallest absolute Gasteiger partial charge is 0.0272 e. The van der Waals surface area contributed by atoms with E-state index in [0.29, 0.717) is 6.04 Å². The second-order valence-electron chi connectivity index (χ2n) is 5.95. The zero-order valence-electron chi connectivity index (χ0n) is 10.9. The summed E-state index contributed by atoms with van der Waals surface area (Å²) in [6.07, 6.45) is 8.16. The number of nitrogens with zero attached hydrogens (tertiary/aromatic N) is 1. The Morgan fingerprint density at radius 2 is 1.73 bits per heavy atom. The van der Waals surface area contributed by atoms with Crippen molar-refractivity contribution in [2.45, 2.75) is 77.8 Å². The van der Waals surface area contributed by atoms with Crippen molar-refractivity contribution in [3.8, 4) is 0 Å². The van der Waals surface area contributed by atoms with Gasteiger partial charge >= 0.3 is 0 Å². The molecule has 0 aromatic carbocycles. The van der Waals surface area contributed by atoms with Crippen molar-refractivity contribution in [3.63, 3.8) is 0 Å². The monoisotopic (exact) mass is 212 g/mol. The molecule has 2 heteroatoms. The van der Waals surface area contributed by atoms with Crippen molar-refractivity contribution >= 4 is 0 Å². The Balaban J connectivity index is 2.60. The molecule has 1 aliphatic carbocycles. The van der Waals surface area contributed by atoms with Crippen molar-refractivity contribution in [2.24, 2.45) is 11.8 Å². The number of hydrazine groups is 1. The van der Waals surface area contributed by atoms with Gasteiger partial charge in [-0.2, -0.15) is 0 Å². The van der Waals surface area contributed by atoms with Crippen molar-refractivity contribution in [1.82, 2.24) is 5.01 Å². The van der Waals surface area contributed by atoms with Crippen LogP contribution in [0.4, 0.5) is 0 Å².